The number of aliphatic hydroxyl groups is 1. The second-order valence-corrected chi connectivity index (χ2v) is 12.2. The molecule has 10 heteroatoms. The summed E-state index contributed by atoms with van der Waals surface area (Å²) in [6.07, 6.45) is 5.50. The van der Waals surface area contributed by atoms with E-state index in [0.29, 0.717) is 55.0 Å². The molecule has 3 aliphatic heterocycles. The highest BCUT2D eigenvalue weighted by Crippen LogP contribution is 2.32. The first-order valence-corrected chi connectivity index (χ1v) is 15.2. The highest BCUT2D eigenvalue weighted by atomic mass is 19.1. The maximum absolute atomic E-state index is 14.6. The van der Waals surface area contributed by atoms with E-state index in [1.54, 1.807) is 18.2 Å². The van der Waals surface area contributed by atoms with Crippen LogP contribution in [0.4, 0.5) is 8.78 Å². The average molecular weight is 584 g/mol. The van der Waals surface area contributed by atoms with Crippen LogP contribution in [0.1, 0.15) is 61.7 Å². The molecule has 0 unspecified atom stereocenters. The van der Waals surface area contributed by atoms with E-state index >= 15 is 0 Å². The Morgan fingerprint density at radius 1 is 0.976 bits per heavy atom. The summed E-state index contributed by atoms with van der Waals surface area (Å²) in [7, 11) is 0. The van der Waals surface area contributed by atoms with E-state index in [0.717, 1.165) is 25.5 Å². The van der Waals surface area contributed by atoms with Crippen LogP contribution in [-0.2, 0) is 9.53 Å². The van der Waals surface area contributed by atoms with Gasteiger partial charge >= 0.3 is 0 Å². The summed E-state index contributed by atoms with van der Waals surface area (Å²) in [5, 5.41) is 16.7. The number of hydrogen-bond acceptors (Lipinski definition) is 6. The monoisotopic (exact) mass is 583 g/mol. The molecular formula is C32H39F2N3O5. The molecule has 3 fully saturated rings. The molecule has 1 aliphatic carbocycles. The van der Waals surface area contributed by atoms with Crippen molar-refractivity contribution in [3.63, 3.8) is 0 Å². The van der Waals surface area contributed by atoms with Gasteiger partial charge < -0.3 is 25.2 Å². The number of fused-ring (bicyclic) bond motifs is 5. The Kier molecular flexibility index (Phi) is 8.74. The molecule has 1 saturated carbocycles. The van der Waals surface area contributed by atoms with Gasteiger partial charge in [0.15, 0.2) is 0 Å². The van der Waals surface area contributed by atoms with Gasteiger partial charge in [0.2, 0.25) is 5.91 Å². The molecule has 2 aromatic rings. The van der Waals surface area contributed by atoms with Crippen LogP contribution in [0.2, 0.25) is 0 Å². The van der Waals surface area contributed by atoms with Crippen LogP contribution in [-0.4, -0.2) is 78.5 Å². The Labute approximate surface area is 244 Å². The van der Waals surface area contributed by atoms with Crippen LogP contribution in [0.5, 0.6) is 5.75 Å². The van der Waals surface area contributed by atoms with Gasteiger partial charge in [-0.1, -0.05) is 18.9 Å². The third kappa shape index (κ3) is 6.45. The van der Waals surface area contributed by atoms with E-state index in [4.69, 9.17) is 9.47 Å². The van der Waals surface area contributed by atoms with E-state index in [1.165, 1.54) is 25.0 Å². The number of ether oxygens (including phenoxy) is 2. The fraction of sp³-hybridized carbons (Fsp3) is 0.562. The zero-order valence-corrected chi connectivity index (χ0v) is 23.7. The normalized spacial score (nSPS) is 29.5. The van der Waals surface area contributed by atoms with Gasteiger partial charge in [0.05, 0.1) is 30.4 Å². The fourth-order valence-corrected chi connectivity index (χ4v) is 6.96. The first-order valence-electron chi connectivity index (χ1n) is 15.2. The quantitative estimate of drug-likeness (QED) is 0.509. The number of carbonyl (C=O) groups excluding carboxylic acids is 2. The summed E-state index contributed by atoms with van der Waals surface area (Å²) < 4.78 is 40.5. The summed E-state index contributed by atoms with van der Waals surface area (Å²) in [4.78, 5) is 29.2. The second kappa shape index (κ2) is 12.7. The molecule has 6 rings (SSSR count). The van der Waals surface area contributed by atoms with Crippen molar-refractivity contribution in [2.75, 3.05) is 26.2 Å². The Morgan fingerprint density at radius 3 is 2.60 bits per heavy atom. The Morgan fingerprint density at radius 2 is 1.79 bits per heavy atom. The molecule has 4 aliphatic rings. The predicted octanol–water partition coefficient (Wildman–Crippen LogP) is 3.80. The molecule has 0 radical (unpaired) electrons. The number of nitrogens with zero attached hydrogens (tertiary/aromatic N) is 1. The number of rotatable bonds is 3. The van der Waals surface area contributed by atoms with Crippen LogP contribution < -0.4 is 15.4 Å². The number of aliphatic hydroxyl groups excluding tert-OH is 1. The van der Waals surface area contributed by atoms with Crippen LogP contribution in [0, 0.1) is 17.6 Å². The molecule has 8 nitrogen and oxygen atoms in total. The van der Waals surface area contributed by atoms with E-state index in [2.05, 4.69) is 15.5 Å². The smallest absolute Gasteiger partial charge is 0.255 e. The van der Waals surface area contributed by atoms with Gasteiger partial charge in [0.1, 0.15) is 23.5 Å². The maximum atomic E-state index is 14.6. The van der Waals surface area contributed by atoms with Crippen LogP contribution >= 0.6 is 0 Å². The van der Waals surface area contributed by atoms with E-state index in [9.17, 15) is 23.5 Å². The second-order valence-electron chi connectivity index (χ2n) is 12.2. The molecule has 2 aromatic carbocycles. The van der Waals surface area contributed by atoms with Gasteiger partial charge in [0.25, 0.3) is 5.91 Å². The van der Waals surface area contributed by atoms with Gasteiger partial charge in [-0.05, 0) is 67.9 Å². The van der Waals surface area contributed by atoms with Gasteiger partial charge in [0, 0.05) is 43.7 Å². The van der Waals surface area contributed by atoms with Crippen molar-refractivity contribution in [1.29, 1.82) is 0 Å². The molecule has 42 heavy (non-hydrogen) atoms. The number of halogens is 2. The third-order valence-electron chi connectivity index (χ3n) is 9.23. The van der Waals surface area contributed by atoms with Crippen LogP contribution in [0.25, 0.3) is 11.1 Å². The summed E-state index contributed by atoms with van der Waals surface area (Å²) >= 11 is 0. The molecule has 4 bridgehead atoms. The number of hydrogen-bond donors (Lipinski definition) is 3. The van der Waals surface area contributed by atoms with Crippen LogP contribution in [0.3, 0.4) is 0 Å². The summed E-state index contributed by atoms with van der Waals surface area (Å²) in [6, 6.07) is 7.60. The molecule has 226 valence electrons. The Bertz CT molecular complexity index is 1300. The summed E-state index contributed by atoms with van der Waals surface area (Å²) in [6.45, 7) is 1.81. The Hall–Kier alpha value is -3.08. The first-order chi connectivity index (χ1) is 20.3. The van der Waals surface area contributed by atoms with E-state index in [1.807, 2.05) is 0 Å². The van der Waals surface area contributed by atoms with Gasteiger partial charge in [-0.2, -0.15) is 0 Å². The standard InChI is InChI=1S/C32H39F2N3O5/c33-21-6-9-24(26(34)14-21)20-5-8-25-29(13-20)41-12-11-23-7-10-28(38)30(42-23)16-35-32(40)27-15-22(36-31(25)39)18-37(27)17-19-3-1-2-4-19/h5-6,8-9,13-14,19,22-23,27-28,30,38H,1-4,7,10-12,15-18H2,(H,35,40)(H,36,39)/t22-,23-,27-,28-,30+/m0/s1. The molecule has 0 spiro atoms. The van der Waals surface area contributed by atoms with Crippen molar-refractivity contribution in [1.82, 2.24) is 15.5 Å². The zero-order valence-electron chi connectivity index (χ0n) is 23.7. The van der Waals surface area contributed by atoms with Gasteiger partial charge in [-0.3, -0.25) is 14.5 Å². The number of benzene rings is 2. The minimum Gasteiger partial charge on any atom is -0.493 e. The van der Waals surface area contributed by atoms with Gasteiger partial charge in [-0.25, -0.2) is 8.78 Å². The molecule has 0 aromatic heterocycles. The molecular weight excluding hydrogens is 544 g/mol. The minimum absolute atomic E-state index is 0.107. The lowest BCUT2D eigenvalue weighted by atomic mass is 9.99. The summed E-state index contributed by atoms with van der Waals surface area (Å²) in [5.41, 5.74) is 0.974. The number of amides is 2. The number of nitrogens with one attached hydrogen (secondary N) is 2. The first kappa shape index (κ1) is 29.0. The predicted molar refractivity (Wildman–Crippen MR) is 152 cm³/mol. The zero-order chi connectivity index (χ0) is 29.2. The summed E-state index contributed by atoms with van der Waals surface area (Å²) in [5.74, 6) is -0.976. The van der Waals surface area contributed by atoms with Crippen molar-refractivity contribution >= 4 is 11.8 Å². The van der Waals surface area contributed by atoms with Crippen molar-refractivity contribution in [2.45, 2.75) is 81.8 Å². The topological polar surface area (TPSA) is 100 Å². The fourth-order valence-electron chi connectivity index (χ4n) is 6.96. The lowest BCUT2D eigenvalue weighted by Gasteiger charge is -2.34. The van der Waals surface area contributed by atoms with Crippen LogP contribution in [0.15, 0.2) is 36.4 Å². The molecule has 5 atom stereocenters. The molecule has 3 N–H and O–H groups in total. The molecule has 2 saturated heterocycles. The van der Waals surface area contributed by atoms with E-state index < -0.39 is 23.8 Å². The maximum Gasteiger partial charge on any atom is 0.255 e. The molecule has 2 amide bonds. The highest BCUT2D eigenvalue weighted by Gasteiger charge is 2.40. The van der Waals surface area contributed by atoms with Crippen molar-refractivity contribution < 1.29 is 33.0 Å². The highest BCUT2D eigenvalue weighted by molar-refractivity contribution is 5.98. The Balaban J connectivity index is 1.29. The SMILES string of the molecule is O=C1N[C@H]2C[C@@H](C(=O)NC[C@H]3O[C@H](CCOc4cc(-c5ccc(F)cc5F)ccc41)CC[C@@H]3O)N(CC1CCCC1)C2. The number of likely N-dealkylation sites (tertiary alicyclic amines) is 1. The number of carbonyl (C=O) groups is 2. The van der Waals surface area contributed by atoms with Crippen molar-refractivity contribution in [3.05, 3.63) is 53.6 Å². The van der Waals surface area contributed by atoms with Crippen molar-refractivity contribution in [3.8, 4) is 16.9 Å². The largest absolute Gasteiger partial charge is 0.493 e. The average Bonchev–Trinajstić information content (AvgIpc) is 3.62. The van der Waals surface area contributed by atoms with E-state index in [-0.39, 0.29) is 48.7 Å². The lowest BCUT2D eigenvalue weighted by Crippen LogP contribution is -2.50. The van der Waals surface area contributed by atoms with Gasteiger partial charge in [-0.15, -0.1) is 0 Å². The minimum atomic E-state index is -0.703. The van der Waals surface area contributed by atoms with Crippen molar-refractivity contribution in [2.24, 2.45) is 5.92 Å². The lowest BCUT2D eigenvalue weighted by molar-refractivity contribution is -0.133. The molecule has 3 heterocycles. The third-order valence-corrected chi connectivity index (χ3v) is 9.23.